The first-order valence-corrected chi connectivity index (χ1v) is 10.6. The molecule has 0 amide bonds. The summed E-state index contributed by atoms with van der Waals surface area (Å²) in [7, 11) is 0. The van der Waals surface area contributed by atoms with E-state index in [0.29, 0.717) is 5.11 Å². The number of anilines is 3. The number of benzene rings is 3. The maximum absolute atomic E-state index is 5.40. The highest BCUT2D eigenvalue weighted by Gasteiger charge is 2.15. The van der Waals surface area contributed by atoms with Gasteiger partial charge in [-0.15, -0.1) is 0 Å². The Morgan fingerprint density at radius 3 is 2.62 bits per heavy atom. The average molecular weight is 419 g/mol. The lowest BCUT2D eigenvalue weighted by Crippen LogP contribution is -2.25. The van der Waals surface area contributed by atoms with Crippen molar-refractivity contribution >= 4 is 51.9 Å². The van der Waals surface area contributed by atoms with Gasteiger partial charge in [-0.2, -0.15) is 5.10 Å². The van der Waals surface area contributed by atoms with Crippen molar-refractivity contribution < 1.29 is 0 Å². The van der Waals surface area contributed by atoms with Crippen molar-refractivity contribution in [3.05, 3.63) is 77.4 Å². The van der Waals surface area contributed by atoms with E-state index in [-0.39, 0.29) is 0 Å². The molecule has 0 aromatic heterocycles. The SMILES string of the molecule is C/C(=N/NC(=S)Nc1cccc(C)c1C)c1ccc2c(c1)Nc1ccccc1S2. The van der Waals surface area contributed by atoms with Crippen molar-refractivity contribution in [1.29, 1.82) is 0 Å². The molecule has 0 radical (unpaired) electrons. The summed E-state index contributed by atoms with van der Waals surface area (Å²) in [5, 5.41) is 11.7. The summed E-state index contributed by atoms with van der Waals surface area (Å²) in [6.45, 7) is 6.13. The van der Waals surface area contributed by atoms with Gasteiger partial charge in [0.25, 0.3) is 0 Å². The van der Waals surface area contributed by atoms with Gasteiger partial charge in [-0.3, -0.25) is 5.43 Å². The van der Waals surface area contributed by atoms with E-state index in [0.717, 1.165) is 28.3 Å². The summed E-state index contributed by atoms with van der Waals surface area (Å²) < 4.78 is 0. The van der Waals surface area contributed by atoms with Crippen LogP contribution in [0.4, 0.5) is 17.1 Å². The Bertz CT molecular complexity index is 1120. The first kappa shape index (κ1) is 19.5. The normalized spacial score (nSPS) is 12.4. The number of nitrogens with zero attached hydrogens (tertiary/aromatic N) is 1. The van der Waals surface area contributed by atoms with Crippen LogP contribution < -0.4 is 16.1 Å². The third-order valence-electron chi connectivity index (χ3n) is 4.95. The molecule has 0 saturated carbocycles. The zero-order valence-electron chi connectivity index (χ0n) is 16.5. The largest absolute Gasteiger partial charge is 0.354 e. The van der Waals surface area contributed by atoms with Gasteiger partial charge in [0.15, 0.2) is 5.11 Å². The molecule has 4 nitrogen and oxygen atoms in total. The maximum Gasteiger partial charge on any atom is 0.191 e. The molecular formula is C23H22N4S2. The number of aryl methyl sites for hydroxylation is 1. The molecule has 0 bridgehead atoms. The van der Waals surface area contributed by atoms with Crippen LogP contribution >= 0.6 is 24.0 Å². The smallest absolute Gasteiger partial charge is 0.191 e. The van der Waals surface area contributed by atoms with Crippen LogP contribution in [0.15, 0.2) is 75.6 Å². The predicted molar refractivity (Wildman–Crippen MR) is 128 cm³/mol. The molecule has 1 heterocycles. The number of thiocarbonyl (C=S) groups is 1. The molecular weight excluding hydrogens is 396 g/mol. The van der Waals surface area contributed by atoms with Crippen LogP contribution in [0.25, 0.3) is 0 Å². The molecule has 1 aliphatic rings. The summed E-state index contributed by atoms with van der Waals surface area (Å²) in [4.78, 5) is 2.45. The monoisotopic (exact) mass is 418 g/mol. The molecule has 0 unspecified atom stereocenters. The minimum absolute atomic E-state index is 0.471. The minimum atomic E-state index is 0.471. The number of para-hydroxylation sites is 1. The molecule has 3 aromatic carbocycles. The van der Waals surface area contributed by atoms with Crippen molar-refractivity contribution in [2.45, 2.75) is 30.6 Å². The summed E-state index contributed by atoms with van der Waals surface area (Å²) >= 11 is 7.18. The highest BCUT2D eigenvalue weighted by atomic mass is 32.2. The quantitative estimate of drug-likeness (QED) is 0.209. The number of nitrogens with one attached hydrogen (secondary N) is 3. The molecule has 29 heavy (non-hydrogen) atoms. The third kappa shape index (κ3) is 4.28. The maximum atomic E-state index is 5.40. The molecule has 0 atom stereocenters. The van der Waals surface area contributed by atoms with Gasteiger partial charge in [-0.05, 0) is 80.0 Å². The van der Waals surface area contributed by atoms with Gasteiger partial charge in [0.2, 0.25) is 0 Å². The van der Waals surface area contributed by atoms with E-state index in [2.05, 4.69) is 77.5 Å². The Kier molecular flexibility index (Phi) is 5.56. The van der Waals surface area contributed by atoms with Gasteiger partial charge in [0.05, 0.1) is 17.1 Å². The van der Waals surface area contributed by atoms with E-state index < -0.39 is 0 Å². The third-order valence-corrected chi connectivity index (χ3v) is 6.30. The van der Waals surface area contributed by atoms with Gasteiger partial charge in [0, 0.05) is 15.5 Å². The Balaban J connectivity index is 1.46. The summed E-state index contributed by atoms with van der Waals surface area (Å²) in [5.74, 6) is 0. The standard InChI is InChI=1S/C23H22N4S2/c1-14-7-6-9-18(15(14)2)25-23(28)27-26-16(3)17-11-12-22-20(13-17)24-19-8-4-5-10-21(19)29-22/h4-13,24H,1-3H3,(H2,25,27,28)/b26-16-. The van der Waals surface area contributed by atoms with Gasteiger partial charge in [0.1, 0.15) is 0 Å². The van der Waals surface area contributed by atoms with Crippen LogP contribution in [0.1, 0.15) is 23.6 Å². The number of hydrogen-bond acceptors (Lipinski definition) is 4. The lowest BCUT2D eigenvalue weighted by molar-refractivity contribution is 1.04. The second kappa shape index (κ2) is 8.27. The zero-order valence-corrected chi connectivity index (χ0v) is 18.2. The minimum Gasteiger partial charge on any atom is -0.354 e. The summed E-state index contributed by atoms with van der Waals surface area (Å²) in [6.07, 6.45) is 0. The van der Waals surface area contributed by atoms with Gasteiger partial charge in [-0.25, -0.2) is 0 Å². The Morgan fingerprint density at radius 1 is 0.966 bits per heavy atom. The van der Waals surface area contributed by atoms with Crippen LogP contribution in [0, 0.1) is 13.8 Å². The molecule has 0 saturated heterocycles. The summed E-state index contributed by atoms with van der Waals surface area (Å²) in [6, 6.07) is 20.8. The van der Waals surface area contributed by atoms with E-state index in [1.54, 1.807) is 11.8 Å². The van der Waals surface area contributed by atoms with E-state index >= 15 is 0 Å². The second-order valence-electron chi connectivity index (χ2n) is 6.94. The molecule has 6 heteroatoms. The molecule has 0 aliphatic carbocycles. The number of hydrogen-bond donors (Lipinski definition) is 3. The van der Waals surface area contributed by atoms with E-state index in [4.69, 9.17) is 12.2 Å². The van der Waals surface area contributed by atoms with Crippen LogP contribution in [0.3, 0.4) is 0 Å². The van der Waals surface area contributed by atoms with Crippen molar-refractivity contribution in [3.63, 3.8) is 0 Å². The van der Waals surface area contributed by atoms with Crippen molar-refractivity contribution in [2.75, 3.05) is 10.6 Å². The molecule has 146 valence electrons. The lowest BCUT2D eigenvalue weighted by atomic mass is 10.1. The lowest BCUT2D eigenvalue weighted by Gasteiger charge is -2.21. The first-order valence-electron chi connectivity index (χ1n) is 9.37. The predicted octanol–water partition coefficient (Wildman–Crippen LogP) is 6.22. The van der Waals surface area contributed by atoms with Crippen LogP contribution in [-0.2, 0) is 0 Å². The van der Waals surface area contributed by atoms with Crippen molar-refractivity contribution in [1.82, 2.24) is 5.43 Å². The van der Waals surface area contributed by atoms with Crippen LogP contribution in [0.5, 0.6) is 0 Å². The van der Waals surface area contributed by atoms with Crippen LogP contribution in [0.2, 0.25) is 0 Å². The van der Waals surface area contributed by atoms with Gasteiger partial charge in [-0.1, -0.05) is 42.1 Å². The highest BCUT2D eigenvalue weighted by Crippen LogP contribution is 2.44. The molecule has 1 aliphatic heterocycles. The number of rotatable bonds is 3. The zero-order chi connectivity index (χ0) is 20.4. The topological polar surface area (TPSA) is 48.5 Å². The number of fused-ring (bicyclic) bond motifs is 2. The first-order chi connectivity index (χ1) is 14.0. The Hall–Kier alpha value is -2.83. The average Bonchev–Trinajstić information content (AvgIpc) is 2.73. The Morgan fingerprint density at radius 2 is 1.76 bits per heavy atom. The van der Waals surface area contributed by atoms with Crippen molar-refractivity contribution in [3.8, 4) is 0 Å². The molecule has 3 aromatic rings. The van der Waals surface area contributed by atoms with E-state index in [1.807, 2.05) is 25.1 Å². The van der Waals surface area contributed by atoms with E-state index in [9.17, 15) is 0 Å². The highest BCUT2D eigenvalue weighted by molar-refractivity contribution is 7.99. The van der Waals surface area contributed by atoms with Gasteiger partial charge < -0.3 is 10.6 Å². The second-order valence-corrected chi connectivity index (χ2v) is 8.44. The Labute approximate surface area is 180 Å². The fourth-order valence-corrected chi connectivity index (χ4v) is 4.22. The molecule has 4 rings (SSSR count). The van der Waals surface area contributed by atoms with Crippen molar-refractivity contribution in [2.24, 2.45) is 5.10 Å². The number of hydrazone groups is 1. The molecule has 0 spiro atoms. The molecule has 0 fully saturated rings. The molecule has 3 N–H and O–H groups in total. The fraction of sp³-hybridized carbons (Fsp3) is 0.130. The van der Waals surface area contributed by atoms with Crippen LogP contribution in [-0.4, -0.2) is 10.8 Å². The van der Waals surface area contributed by atoms with Gasteiger partial charge >= 0.3 is 0 Å². The van der Waals surface area contributed by atoms with E-state index in [1.165, 1.54) is 20.9 Å². The fourth-order valence-electron chi connectivity index (χ4n) is 3.10. The summed E-state index contributed by atoms with van der Waals surface area (Å²) in [5.41, 5.74) is 10.5.